The highest BCUT2D eigenvalue weighted by Gasteiger charge is 2.33. The summed E-state index contributed by atoms with van der Waals surface area (Å²) in [5, 5.41) is 19.1. The highest BCUT2D eigenvalue weighted by molar-refractivity contribution is 6.33. The number of oxime groups is 1. The Kier molecular flexibility index (Phi) is 5.27. The molecule has 6 rings (SSSR count). The van der Waals surface area contributed by atoms with Crippen LogP contribution in [0.4, 0.5) is 0 Å². The van der Waals surface area contributed by atoms with Gasteiger partial charge in [-0.15, -0.1) is 5.10 Å². The van der Waals surface area contributed by atoms with Gasteiger partial charge in [-0.2, -0.15) is 0 Å². The van der Waals surface area contributed by atoms with Crippen molar-refractivity contribution in [1.29, 1.82) is 0 Å². The van der Waals surface area contributed by atoms with E-state index < -0.39 is 0 Å². The maximum absolute atomic E-state index is 10.00. The van der Waals surface area contributed by atoms with E-state index in [9.17, 15) is 5.11 Å². The van der Waals surface area contributed by atoms with Gasteiger partial charge in [0, 0.05) is 28.1 Å². The van der Waals surface area contributed by atoms with E-state index in [1.807, 2.05) is 54.6 Å². The lowest BCUT2D eigenvalue weighted by Gasteiger charge is -2.27. The first-order valence-electron chi connectivity index (χ1n) is 10.9. The smallest absolute Gasteiger partial charge is 0.228 e. The van der Waals surface area contributed by atoms with E-state index in [-0.39, 0.29) is 18.3 Å². The first-order chi connectivity index (χ1) is 17.2. The Labute approximate surface area is 205 Å². The number of benzene rings is 3. The summed E-state index contributed by atoms with van der Waals surface area (Å²) in [6.07, 6.45) is 3.10. The van der Waals surface area contributed by atoms with E-state index >= 15 is 0 Å². The van der Waals surface area contributed by atoms with Crippen LogP contribution < -0.4 is 4.74 Å². The maximum Gasteiger partial charge on any atom is 0.228 e. The fourth-order valence-electron chi connectivity index (χ4n) is 4.17. The summed E-state index contributed by atoms with van der Waals surface area (Å²) >= 11 is 6.14. The van der Waals surface area contributed by atoms with Crippen molar-refractivity contribution in [3.8, 4) is 17.4 Å². The van der Waals surface area contributed by atoms with Gasteiger partial charge in [-0.1, -0.05) is 71.4 Å². The molecule has 0 saturated heterocycles. The number of aromatic hydroxyl groups is 1. The van der Waals surface area contributed by atoms with E-state index in [4.69, 9.17) is 26.2 Å². The molecule has 0 amide bonds. The molecule has 1 atom stereocenters. The van der Waals surface area contributed by atoms with Crippen molar-refractivity contribution < 1.29 is 14.7 Å². The highest BCUT2D eigenvalue weighted by atomic mass is 35.5. The second-order valence-electron chi connectivity index (χ2n) is 7.96. The van der Waals surface area contributed by atoms with E-state index in [1.165, 1.54) is 0 Å². The largest absolute Gasteiger partial charge is 0.508 e. The van der Waals surface area contributed by atoms with Gasteiger partial charge in [0.1, 0.15) is 17.8 Å². The predicted octanol–water partition coefficient (Wildman–Crippen LogP) is 5.32. The van der Waals surface area contributed by atoms with Gasteiger partial charge < -0.3 is 14.7 Å². The summed E-state index contributed by atoms with van der Waals surface area (Å²) in [6, 6.07) is 22.5. The molecule has 1 N–H and O–H groups in total. The lowest BCUT2D eigenvalue weighted by atomic mass is 9.84. The minimum Gasteiger partial charge on any atom is -0.508 e. The molecule has 35 heavy (non-hydrogen) atoms. The molecule has 0 fully saturated rings. The fourth-order valence-corrected chi connectivity index (χ4v) is 4.35. The third-order valence-corrected chi connectivity index (χ3v) is 6.08. The van der Waals surface area contributed by atoms with Crippen LogP contribution >= 0.6 is 11.6 Å². The number of hydrogen-bond donors (Lipinski definition) is 1. The normalized spacial score (nSPS) is 14.5. The van der Waals surface area contributed by atoms with Crippen LogP contribution in [0.2, 0.25) is 5.02 Å². The second kappa shape index (κ2) is 8.73. The minimum absolute atomic E-state index is 0.0682. The number of phenols is 1. The molecule has 9 heteroatoms. The van der Waals surface area contributed by atoms with Crippen molar-refractivity contribution in [2.24, 2.45) is 5.16 Å². The predicted molar refractivity (Wildman–Crippen MR) is 130 cm³/mol. The summed E-state index contributed by atoms with van der Waals surface area (Å²) < 4.78 is 7.68. The molecule has 172 valence electrons. The Morgan fingerprint density at radius 1 is 1.09 bits per heavy atom. The molecule has 1 aliphatic rings. The third-order valence-electron chi connectivity index (χ3n) is 5.73. The number of fused-ring (bicyclic) bond motifs is 4. The quantitative estimate of drug-likeness (QED) is 0.263. The Balaban J connectivity index is 1.37. The zero-order valence-electron chi connectivity index (χ0n) is 18.2. The molecule has 5 aromatic rings. The molecule has 1 unspecified atom stereocenters. The molecule has 2 aromatic heterocycles. The third kappa shape index (κ3) is 3.94. The van der Waals surface area contributed by atoms with Crippen LogP contribution in [0.25, 0.3) is 5.65 Å². The number of phenolic OH excluding ortho intramolecular Hbond substituents is 1. The van der Waals surface area contributed by atoms with Crippen LogP contribution in [-0.4, -0.2) is 30.9 Å². The second-order valence-corrected chi connectivity index (χ2v) is 8.36. The van der Waals surface area contributed by atoms with Crippen molar-refractivity contribution in [1.82, 2.24) is 19.6 Å². The molecule has 0 saturated carbocycles. The van der Waals surface area contributed by atoms with Gasteiger partial charge in [-0.3, -0.25) is 0 Å². The Hall–Kier alpha value is -4.43. The zero-order chi connectivity index (χ0) is 23.8. The Morgan fingerprint density at radius 3 is 2.77 bits per heavy atom. The lowest BCUT2D eigenvalue weighted by molar-refractivity contribution is 0.126. The van der Waals surface area contributed by atoms with Gasteiger partial charge >= 0.3 is 0 Å². The summed E-state index contributed by atoms with van der Waals surface area (Å²) in [5.74, 6) is 1.34. The highest BCUT2D eigenvalue weighted by Crippen LogP contribution is 2.48. The molecule has 8 nitrogen and oxygen atoms in total. The summed E-state index contributed by atoms with van der Waals surface area (Å²) in [4.78, 5) is 14.6. The number of rotatable bonds is 5. The van der Waals surface area contributed by atoms with Crippen molar-refractivity contribution in [3.63, 3.8) is 0 Å². The molecule has 1 aliphatic heterocycles. The first-order valence-corrected chi connectivity index (χ1v) is 11.2. The van der Waals surface area contributed by atoms with Crippen LogP contribution in [0, 0.1) is 0 Å². The van der Waals surface area contributed by atoms with Gasteiger partial charge in [0.15, 0.2) is 18.1 Å². The molecule has 0 spiro atoms. The van der Waals surface area contributed by atoms with Crippen LogP contribution in [0.15, 0.2) is 84.3 Å². The van der Waals surface area contributed by atoms with Crippen LogP contribution in [0.5, 0.6) is 17.4 Å². The minimum atomic E-state index is -0.206. The number of hydrogen-bond acceptors (Lipinski definition) is 7. The summed E-state index contributed by atoms with van der Waals surface area (Å²) in [7, 11) is 0. The van der Waals surface area contributed by atoms with Crippen molar-refractivity contribution >= 4 is 23.5 Å². The Morgan fingerprint density at radius 2 is 1.91 bits per heavy atom. The van der Waals surface area contributed by atoms with Crippen molar-refractivity contribution in [2.45, 2.75) is 12.5 Å². The number of ether oxygens (including phenoxy) is 1. The van der Waals surface area contributed by atoms with Crippen LogP contribution in [-0.2, 0) is 11.4 Å². The average molecular weight is 484 g/mol. The standard InChI is InChI=1S/C26H18ClN5O3/c27-20-9-5-4-8-17(20)13-29-34-14-22-30-25-24-23(16-6-2-1-3-7-16)19-11-10-18(33)12-21(19)35-26(24)28-15-32(25)31-22/h1-13,15,23,33H,14H2/b29-13+. The molecule has 0 aliphatic carbocycles. The average Bonchev–Trinajstić information content (AvgIpc) is 3.30. The van der Waals surface area contributed by atoms with E-state index in [0.717, 1.165) is 22.3 Å². The van der Waals surface area contributed by atoms with Gasteiger partial charge in [0.05, 0.1) is 11.8 Å². The van der Waals surface area contributed by atoms with Crippen molar-refractivity contribution in [3.05, 3.63) is 112 Å². The first kappa shape index (κ1) is 21.1. The number of halogens is 1. The molecular formula is C26H18ClN5O3. The molecule has 3 aromatic carbocycles. The molecular weight excluding hydrogens is 466 g/mol. The SMILES string of the molecule is Oc1ccc2c(c1)Oc1ncn3nc(CO/N=C/c4ccccc4Cl)nc3c1C2c1ccccc1. The van der Waals surface area contributed by atoms with Gasteiger partial charge in [-0.25, -0.2) is 14.5 Å². The molecule has 0 radical (unpaired) electrons. The van der Waals surface area contributed by atoms with Crippen LogP contribution in [0.3, 0.4) is 0 Å². The molecule has 0 bridgehead atoms. The molecule has 3 heterocycles. The monoisotopic (exact) mass is 483 g/mol. The van der Waals surface area contributed by atoms with E-state index in [1.54, 1.807) is 35.3 Å². The zero-order valence-corrected chi connectivity index (χ0v) is 19.0. The van der Waals surface area contributed by atoms with Gasteiger partial charge in [-0.05, 0) is 17.7 Å². The Bertz CT molecular complexity index is 1570. The van der Waals surface area contributed by atoms with E-state index in [0.29, 0.717) is 28.1 Å². The number of nitrogens with zero attached hydrogens (tertiary/aromatic N) is 5. The van der Waals surface area contributed by atoms with Crippen LogP contribution in [0.1, 0.15) is 34.0 Å². The summed E-state index contributed by atoms with van der Waals surface area (Å²) in [6.45, 7) is 0.0682. The van der Waals surface area contributed by atoms with Gasteiger partial charge in [0.2, 0.25) is 5.88 Å². The van der Waals surface area contributed by atoms with E-state index in [2.05, 4.69) is 15.2 Å². The van der Waals surface area contributed by atoms with Crippen molar-refractivity contribution in [2.75, 3.05) is 0 Å². The van der Waals surface area contributed by atoms with Gasteiger partial charge in [0.25, 0.3) is 0 Å². The number of aromatic nitrogens is 4. The lowest BCUT2D eigenvalue weighted by Crippen LogP contribution is -2.14. The summed E-state index contributed by atoms with van der Waals surface area (Å²) in [5.41, 5.74) is 4.10. The fraction of sp³-hybridized carbons (Fsp3) is 0.0769. The topological polar surface area (TPSA) is 94.1 Å². The maximum atomic E-state index is 10.00.